The van der Waals surface area contributed by atoms with Crippen molar-refractivity contribution < 1.29 is 17.9 Å². The number of rotatable bonds is 4. The molecule has 0 radical (unpaired) electrons. The van der Waals surface area contributed by atoms with Crippen molar-refractivity contribution in [3.63, 3.8) is 0 Å². The van der Waals surface area contributed by atoms with Crippen LogP contribution < -0.4 is 15.4 Å². The Hall–Kier alpha value is -1.92. The highest BCUT2D eigenvalue weighted by atomic mass is 19.4. The van der Waals surface area contributed by atoms with Gasteiger partial charge >= 0.3 is 6.18 Å². The number of hydrogen-bond acceptors (Lipinski definition) is 4. The van der Waals surface area contributed by atoms with E-state index in [-0.39, 0.29) is 30.0 Å². The van der Waals surface area contributed by atoms with Gasteiger partial charge in [-0.25, -0.2) is 0 Å². The fraction of sp³-hybridized carbons (Fsp3) is 0.533. The van der Waals surface area contributed by atoms with Gasteiger partial charge in [-0.3, -0.25) is 4.99 Å². The summed E-state index contributed by atoms with van der Waals surface area (Å²) in [6.07, 6.45) is -4.60. The molecule has 1 aliphatic heterocycles. The van der Waals surface area contributed by atoms with Crippen molar-refractivity contribution in [2.24, 2.45) is 4.99 Å². The molecule has 0 saturated heterocycles. The van der Waals surface area contributed by atoms with Crippen LogP contribution >= 0.6 is 0 Å². The molecule has 1 aromatic carbocycles. The number of nitrogens with zero attached hydrogens (tertiary/aromatic N) is 1. The lowest BCUT2D eigenvalue weighted by molar-refractivity contribution is -0.138. The van der Waals surface area contributed by atoms with Crippen LogP contribution in [-0.4, -0.2) is 24.7 Å². The van der Waals surface area contributed by atoms with Gasteiger partial charge < -0.3 is 15.4 Å². The zero-order valence-corrected chi connectivity index (χ0v) is 12.8. The molecule has 7 heteroatoms. The second-order valence-corrected chi connectivity index (χ2v) is 5.57. The van der Waals surface area contributed by atoms with E-state index in [0.717, 1.165) is 6.07 Å². The van der Waals surface area contributed by atoms with Crippen LogP contribution in [0, 0.1) is 0 Å². The van der Waals surface area contributed by atoms with Crippen LogP contribution in [0.5, 0.6) is 5.75 Å². The maximum absolute atomic E-state index is 13.2. The minimum Gasteiger partial charge on any atom is -0.491 e. The van der Waals surface area contributed by atoms with Gasteiger partial charge in [-0.05, 0) is 38.5 Å². The number of alkyl halides is 3. The summed E-state index contributed by atoms with van der Waals surface area (Å²) in [5.74, 6) is 0.749. The second kappa shape index (κ2) is 6.46. The molecule has 2 N–H and O–H groups in total. The van der Waals surface area contributed by atoms with Crippen molar-refractivity contribution in [3.05, 3.63) is 29.3 Å². The standard InChI is InChI=1S/C15H20F3N3O/c1-9(2)22-12-5-4-11(13(6-12)15(16,17)18)8-20-14-19-7-10(3)21-14/h4-6,9-10H,7-8H2,1-3H3,(H2,19,20,21). The molecule has 2 rings (SSSR count). The molecular weight excluding hydrogens is 295 g/mol. The van der Waals surface area contributed by atoms with Crippen LogP contribution in [0.25, 0.3) is 0 Å². The summed E-state index contributed by atoms with van der Waals surface area (Å²) < 4.78 is 44.9. The molecule has 0 saturated carbocycles. The summed E-state index contributed by atoms with van der Waals surface area (Å²) in [6.45, 7) is 6.17. The second-order valence-electron chi connectivity index (χ2n) is 5.57. The number of aliphatic imine (C=N–C) groups is 1. The third-order valence-electron chi connectivity index (χ3n) is 3.11. The smallest absolute Gasteiger partial charge is 0.416 e. The van der Waals surface area contributed by atoms with Crippen molar-refractivity contribution in [2.75, 3.05) is 6.54 Å². The lowest BCUT2D eigenvalue weighted by Crippen LogP contribution is -2.37. The highest BCUT2D eigenvalue weighted by molar-refractivity contribution is 5.81. The van der Waals surface area contributed by atoms with Crippen LogP contribution in [-0.2, 0) is 12.7 Å². The lowest BCUT2D eigenvalue weighted by atomic mass is 10.1. The van der Waals surface area contributed by atoms with E-state index in [1.165, 1.54) is 6.07 Å². The molecule has 0 aromatic heterocycles. The molecule has 0 aliphatic carbocycles. The van der Waals surface area contributed by atoms with Crippen LogP contribution in [0.15, 0.2) is 23.2 Å². The van der Waals surface area contributed by atoms with Gasteiger partial charge in [0.05, 0.1) is 18.2 Å². The Bertz CT molecular complexity index is 555. The molecular formula is C15H20F3N3O. The summed E-state index contributed by atoms with van der Waals surface area (Å²) in [4.78, 5) is 4.17. The summed E-state index contributed by atoms with van der Waals surface area (Å²) in [7, 11) is 0. The van der Waals surface area contributed by atoms with Crippen LogP contribution in [0.3, 0.4) is 0 Å². The molecule has 0 fully saturated rings. The molecule has 1 aliphatic rings. The van der Waals surface area contributed by atoms with E-state index in [1.807, 2.05) is 6.92 Å². The number of halogens is 3. The predicted octanol–water partition coefficient (Wildman–Crippen LogP) is 2.93. The quantitative estimate of drug-likeness (QED) is 0.898. The summed E-state index contributed by atoms with van der Waals surface area (Å²) in [5.41, 5.74) is -0.530. The zero-order chi connectivity index (χ0) is 16.3. The Labute approximate surface area is 127 Å². The highest BCUT2D eigenvalue weighted by Crippen LogP contribution is 2.34. The number of ether oxygens (including phenoxy) is 1. The maximum atomic E-state index is 13.2. The first kappa shape index (κ1) is 16.5. The van der Waals surface area contributed by atoms with Gasteiger partial charge in [0.2, 0.25) is 0 Å². The first-order valence-corrected chi connectivity index (χ1v) is 7.17. The van der Waals surface area contributed by atoms with E-state index in [1.54, 1.807) is 19.9 Å². The summed E-state index contributed by atoms with van der Waals surface area (Å²) in [5, 5.41) is 5.95. The molecule has 0 spiro atoms. The monoisotopic (exact) mass is 315 g/mol. The van der Waals surface area contributed by atoms with Crippen LogP contribution in [0.2, 0.25) is 0 Å². The van der Waals surface area contributed by atoms with Gasteiger partial charge in [0.25, 0.3) is 0 Å². The topological polar surface area (TPSA) is 45.7 Å². The summed E-state index contributed by atoms with van der Waals surface area (Å²) >= 11 is 0. The van der Waals surface area contributed by atoms with Crippen molar-refractivity contribution in [1.82, 2.24) is 10.6 Å². The molecule has 22 heavy (non-hydrogen) atoms. The van der Waals surface area contributed by atoms with Gasteiger partial charge in [0.15, 0.2) is 5.96 Å². The van der Waals surface area contributed by atoms with Gasteiger partial charge in [-0.2, -0.15) is 13.2 Å². The molecule has 1 heterocycles. The fourth-order valence-electron chi connectivity index (χ4n) is 2.16. The first-order valence-electron chi connectivity index (χ1n) is 7.17. The molecule has 4 nitrogen and oxygen atoms in total. The number of guanidine groups is 1. The van der Waals surface area contributed by atoms with Crippen LogP contribution in [0.4, 0.5) is 13.2 Å². The minimum absolute atomic E-state index is 0.0509. The number of hydrogen-bond donors (Lipinski definition) is 2. The van der Waals surface area contributed by atoms with Crippen molar-refractivity contribution in [1.29, 1.82) is 0 Å². The van der Waals surface area contributed by atoms with E-state index in [9.17, 15) is 13.2 Å². The van der Waals surface area contributed by atoms with E-state index in [4.69, 9.17) is 4.74 Å². The summed E-state index contributed by atoms with van der Waals surface area (Å²) in [6, 6.07) is 4.24. The van der Waals surface area contributed by atoms with Gasteiger partial charge in [-0.1, -0.05) is 6.07 Å². The third-order valence-corrected chi connectivity index (χ3v) is 3.11. The number of benzene rings is 1. The zero-order valence-electron chi connectivity index (χ0n) is 12.8. The van der Waals surface area contributed by atoms with E-state index < -0.39 is 11.7 Å². The molecule has 1 unspecified atom stereocenters. The first-order chi connectivity index (χ1) is 10.3. The van der Waals surface area contributed by atoms with Gasteiger partial charge in [0, 0.05) is 12.6 Å². The fourth-order valence-corrected chi connectivity index (χ4v) is 2.16. The average molecular weight is 315 g/mol. The van der Waals surface area contributed by atoms with Crippen molar-refractivity contribution in [3.8, 4) is 5.75 Å². The predicted molar refractivity (Wildman–Crippen MR) is 78.9 cm³/mol. The molecule has 0 bridgehead atoms. The van der Waals surface area contributed by atoms with Crippen LogP contribution in [0.1, 0.15) is 31.9 Å². The van der Waals surface area contributed by atoms with Crippen molar-refractivity contribution >= 4 is 5.96 Å². The molecule has 1 atom stereocenters. The molecule has 1 aromatic rings. The Morgan fingerprint density at radius 3 is 2.68 bits per heavy atom. The SMILES string of the molecule is CC1CN=C(NCc2ccc(OC(C)C)cc2C(F)(F)F)N1. The highest BCUT2D eigenvalue weighted by Gasteiger charge is 2.34. The van der Waals surface area contributed by atoms with E-state index in [0.29, 0.717) is 12.5 Å². The van der Waals surface area contributed by atoms with E-state index >= 15 is 0 Å². The van der Waals surface area contributed by atoms with Crippen molar-refractivity contribution in [2.45, 2.75) is 45.6 Å². The minimum atomic E-state index is -4.43. The van der Waals surface area contributed by atoms with Gasteiger partial charge in [0.1, 0.15) is 5.75 Å². The average Bonchev–Trinajstić information content (AvgIpc) is 2.81. The largest absolute Gasteiger partial charge is 0.491 e. The van der Waals surface area contributed by atoms with Gasteiger partial charge in [-0.15, -0.1) is 0 Å². The Kier molecular flexibility index (Phi) is 4.83. The Morgan fingerprint density at radius 1 is 1.41 bits per heavy atom. The molecule has 122 valence electrons. The lowest BCUT2D eigenvalue weighted by Gasteiger charge is -2.17. The normalized spacial score (nSPS) is 18.1. The number of nitrogens with one attached hydrogen (secondary N) is 2. The Morgan fingerprint density at radius 2 is 2.14 bits per heavy atom. The molecule has 0 amide bonds. The third kappa shape index (κ3) is 4.29. The Balaban J connectivity index is 2.15. The van der Waals surface area contributed by atoms with E-state index in [2.05, 4.69) is 15.6 Å². The maximum Gasteiger partial charge on any atom is 0.416 e.